The fourth-order valence-corrected chi connectivity index (χ4v) is 5.35. The third kappa shape index (κ3) is 8.41. The maximum absolute atomic E-state index is 14.0. The molecule has 0 spiro atoms. The molecule has 3 amide bonds. The van der Waals surface area contributed by atoms with Crippen molar-refractivity contribution in [1.82, 2.24) is 10.3 Å². The Hall–Kier alpha value is -4.20. The number of aromatic nitrogens is 1. The molecule has 1 heterocycles. The molecule has 2 N–H and O–H groups in total. The van der Waals surface area contributed by atoms with E-state index in [-0.39, 0.29) is 36.6 Å². The summed E-state index contributed by atoms with van der Waals surface area (Å²) in [6, 6.07) is 19.6. The normalized spacial score (nSPS) is 14.2. The number of hydrogen-bond acceptors (Lipinski definition) is 5. The Balaban J connectivity index is 1.61. The molecular weight excluding hydrogens is 528 g/mol. The van der Waals surface area contributed by atoms with Crippen molar-refractivity contribution in [1.29, 1.82) is 0 Å². The van der Waals surface area contributed by atoms with Gasteiger partial charge in [0.15, 0.2) is 0 Å². The minimum atomic E-state index is -0.877. The maximum Gasteiger partial charge on any atom is 0.248 e. The number of benzene rings is 2. The van der Waals surface area contributed by atoms with Crippen LogP contribution in [0.1, 0.15) is 88.3 Å². The fourth-order valence-electron chi connectivity index (χ4n) is 5.35. The van der Waals surface area contributed by atoms with Gasteiger partial charge in [-0.1, -0.05) is 63.4 Å². The third-order valence-electron chi connectivity index (χ3n) is 7.72. The molecule has 1 aromatic heterocycles. The summed E-state index contributed by atoms with van der Waals surface area (Å²) in [5.41, 5.74) is 2.48. The average Bonchev–Trinajstić information content (AvgIpc) is 3.01. The molecule has 222 valence electrons. The van der Waals surface area contributed by atoms with Gasteiger partial charge in [-0.2, -0.15) is 0 Å². The summed E-state index contributed by atoms with van der Waals surface area (Å²) in [7, 11) is 1.60. The molecule has 1 atom stereocenters. The van der Waals surface area contributed by atoms with E-state index in [9.17, 15) is 14.4 Å². The predicted octanol–water partition coefficient (Wildman–Crippen LogP) is 6.55. The van der Waals surface area contributed by atoms with Gasteiger partial charge in [-0.15, -0.1) is 0 Å². The van der Waals surface area contributed by atoms with Crippen molar-refractivity contribution in [3.05, 3.63) is 84.1 Å². The summed E-state index contributed by atoms with van der Waals surface area (Å²) in [5.74, 6) is 0.825. The second-order valence-electron chi connectivity index (χ2n) is 11.1. The van der Waals surface area contributed by atoms with Crippen LogP contribution in [0.3, 0.4) is 0 Å². The van der Waals surface area contributed by atoms with E-state index in [2.05, 4.69) is 29.5 Å². The second kappa shape index (κ2) is 15.1. The molecule has 0 radical (unpaired) electrons. The van der Waals surface area contributed by atoms with Crippen LogP contribution in [-0.2, 0) is 14.4 Å². The number of carbonyl (C=O) groups excluding carboxylic acids is 3. The third-order valence-corrected chi connectivity index (χ3v) is 7.72. The standard InChI is InChI=1S/C34H42N4O4/c1-24(2)25-15-19-28(20-16-25)38(32(40)14-9-13-31(39)37-30-12-7-8-23-35-30)33(26-17-21-29(42-3)22-18-26)34(41)36-27-10-5-4-6-11-27/h7-8,12,15-24,27,33H,4-6,9-11,13-14H2,1-3H3,(H,36,41)(H,35,37,39). The van der Waals surface area contributed by atoms with Gasteiger partial charge in [0.1, 0.15) is 17.6 Å². The first-order chi connectivity index (χ1) is 20.4. The van der Waals surface area contributed by atoms with E-state index >= 15 is 0 Å². The molecule has 2 aromatic carbocycles. The van der Waals surface area contributed by atoms with Gasteiger partial charge in [0, 0.05) is 30.8 Å². The fraction of sp³-hybridized carbons (Fsp3) is 0.412. The van der Waals surface area contributed by atoms with Gasteiger partial charge in [-0.25, -0.2) is 4.98 Å². The highest BCUT2D eigenvalue weighted by Gasteiger charge is 2.34. The molecule has 8 nitrogen and oxygen atoms in total. The summed E-state index contributed by atoms with van der Waals surface area (Å²) < 4.78 is 5.35. The van der Waals surface area contributed by atoms with Crippen LogP contribution < -0.4 is 20.3 Å². The van der Waals surface area contributed by atoms with E-state index in [1.54, 1.807) is 36.4 Å². The van der Waals surface area contributed by atoms with Gasteiger partial charge in [0.25, 0.3) is 0 Å². The molecule has 0 bridgehead atoms. The van der Waals surface area contributed by atoms with Gasteiger partial charge in [0.05, 0.1) is 7.11 Å². The lowest BCUT2D eigenvalue weighted by atomic mass is 9.94. The highest BCUT2D eigenvalue weighted by Crippen LogP contribution is 2.32. The topological polar surface area (TPSA) is 101 Å². The smallest absolute Gasteiger partial charge is 0.248 e. The number of amides is 3. The summed E-state index contributed by atoms with van der Waals surface area (Å²) in [6.07, 6.45) is 7.41. The Morgan fingerprint density at radius 3 is 2.21 bits per heavy atom. The lowest BCUT2D eigenvalue weighted by Gasteiger charge is -2.34. The number of carbonyl (C=O) groups is 3. The quantitative estimate of drug-likeness (QED) is 0.257. The van der Waals surface area contributed by atoms with Gasteiger partial charge < -0.3 is 15.4 Å². The zero-order valence-corrected chi connectivity index (χ0v) is 24.8. The van der Waals surface area contributed by atoms with Crippen molar-refractivity contribution in [2.75, 3.05) is 17.3 Å². The van der Waals surface area contributed by atoms with Crippen LogP contribution in [0.5, 0.6) is 5.75 Å². The summed E-state index contributed by atoms with van der Waals surface area (Å²) in [5, 5.41) is 6.01. The molecule has 1 aliphatic carbocycles. The number of hydrogen-bond donors (Lipinski definition) is 2. The second-order valence-corrected chi connectivity index (χ2v) is 11.1. The van der Waals surface area contributed by atoms with E-state index in [0.29, 0.717) is 35.2 Å². The maximum atomic E-state index is 14.0. The van der Waals surface area contributed by atoms with Crippen LogP contribution in [0, 0.1) is 0 Å². The van der Waals surface area contributed by atoms with Crippen molar-refractivity contribution in [3.63, 3.8) is 0 Å². The van der Waals surface area contributed by atoms with Crippen molar-refractivity contribution < 1.29 is 19.1 Å². The summed E-state index contributed by atoms with van der Waals surface area (Å²) in [4.78, 5) is 46.3. The molecule has 1 aliphatic rings. The molecule has 1 unspecified atom stereocenters. The number of anilines is 2. The number of pyridine rings is 1. The number of methoxy groups -OCH3 is 1. The van der Waals surface area contributed by atoms with Crippen LogP contribution in [-0.4, -0.2) is 35.9 Å². The molecule has 4 rings (SSSR count). The molecule has 0 saturated heterocycles. The van der Waals surface area contributed by atoms with Crippen LogP contribution >= 0.6 is 0 Å². The molecule has 8 heteroatoms. The zero-order valence-electron chi connectivity index (χ0n) is 24.8. The first-order valence-corrected chi connectivity index (χ1v) is 14.9. The van der Waals surface area contributed by atoms with Crippen molar-refractivity contribution in [2.45, 2.75) is 83.2 Å². The van der Waals surface area contributed by atoms with Crippen molar-refractivity contribution >= 4 is 29.2 Å². The number of rotatable bonds is 12. The molecule has 1 saturated carbocycles. The largest absolute Gasteiger partial charge is 0.497 e. The monoisotopic (exact) mass is 570 g/mol. The Morgan fingerprint density at radius 1 is 0.905 bits per heavy atom. The van der Waals surface area contributed by atoms with Crippen LogP contribution in [0.2, 0.25) is 0 Å². The SMILES string of the molecule is COc1ccc(C(C(=O)NC2CCCCC2)N(C(=O)CCCC(=O)Nc2ccccn2)c2ccc(C(C)C)cc2)cc1. The summed E-state index contributed by atoms with van der Waals surface area (Å²) >= 11 is 0. The summed E-state index contributed by atoms with van der Waals surface area (Å²) in [6.45, 7) is 4.23. The molecule has 3 aromatic rings. The highest BCUT2D eigenvalue weighted by atomic mass is 16.5. The van der Waals surface area contributed by atoms with Crippen LogP contribution in [0.4, 0.5) is 11.5 Å². The van der Waals surface area contributed by atoms with Gasteiger partial charge >= 0.3 is 0 Å². The number of ether oxygens (including phenoxy) is 1. The van der Waals surface area contributed by atoms with Crippen LogP contribution in [0.25, 0.3) is 0 Å². The van der Waals surface area contributed by atoms with E-state index in [0.717, 1.165) is 31.2 Å². The van der Waals surface area contributed by atoms with E-state index in [4.69, 9.17) is 4.74 Å². The Kier molecular flexibility index (Phi) is 11.1. The average molecular weight is 571 g/mol. The predicted molar refractivity (Wildman–Crippen MR) is 165 cm³/mol. The Labute approximate surface area is 248 Å². The first kappa shape index (κ1) is 30.8. The van der Waals surface area contributed by atoms with Gasteiger partial charge in [-0.05, 0) is 72.7 Å². The van der Waals surface area contributed by atoms with E-state index in [1.165, 1.54) is 6.42 Å². The minimum absolute atomic E-state index is 0.0857. The minimum Gasteiger partial charge on any atom is -0.497 e. The lowest BCUT2D eigenvalue weighted by Crippen LogP contribution is -2.47. The van der Waals surface area contributed by atoms with Crippen molar-refractivity contribution in [3.8, 4) is 5.75 Å². The van der Waals surface area contributed by atoms with Gasteiger partial charge in [0.2, 0.25) is 17.7 Å². The first-order valence-electron chi connectivity index (χ1n) is 14.9. The van der Waals surface area contributed by atoms with E-state index in [1.807, 2.05) is 48.5 Å². The Morgan fingerprint density at radius 2 is 1.60 bits per heavy atom. The van der Waals surface area contributed by atoms with Crippen molar-refractivity contribution in [2.24, 2.45) is 0 Å². The van der Waals surface area contributed by atoms with Gasteiger partial charge in [-0.3, -0.25) is 19.3 Å². The number of nitrogens with one attached hydrogen (secondary N) is 2. The van der Waals surface area contributed by atoms with E-state index < -0.39 is 6.04 Å². The zero-order chi connectivity index (χ0) is 29.9. The lowest BCUT2D eigenvalue weighted by molar-refractivity contribution is -0.127. The molecule has 42 heavy (non-hydrogen) atoms. The Bertz CT molecular complexity index is 1300. The van der Waals surface area contributed by atoms with Crippen LogP contribution in [0.15, 0.2) is 72.9 Å². The molecule has 1 fully saturated rings. The molecule has 0 aliphatic heterocycles. The number of nitrogens with zero attached hydrogens (tertiary/aromatic N) is 2. The molecular formula is C34H42N4O4. The highest BCUT2D eigenvalue weighted by molar-refractivity contribution is 6.01.